The Balaban J connectivity index is 0.000000155. The summed E-state index contributed by atoms with van der Waals surface area (Å²) in [5.41, 5.74) is -1.44. The zero-order valence-electron chi connectivity index (χ0n) is 81.8. The topological polar surface area (TPSA) is 221 Å². The first kappa shape index (κ1) is 119. The predicted molar refractivity (Wildman–Crippen MR) is 469 cm³/mol. The van der Waals surface area contributed by atoms with Crippen molar-refractivity contribution >= 4 is 69.3 Å². The number of esters is 7. The lowest BCUT2D eigenvalue weighted by Gasteiger charge is -2.55. The van der Waals surface area contributed by atoms with Crippen LogP contribution in [-0.2, 0) is 61.9 Å². The van der Waals surface area contributed by atoms with Crippen LogP contribution < -0.4 is 0 Å². The summed E-state index contributed by atoms with van der Waals surface area (Å²) < 4.78 is 416. The average molecular weight is 2180 g/mol. The molecule has 21 rings (SSSR count). The van der Waals surface area contributed by atoms with Crippen molar-refractivity contribution in [2.75, 3.05) is 6.61 Å². The van der Waals surface area contributed by atoms with E-state index in [9.17, 15) is 170 Å². The maximum absolute atomic E-state index is 13.3. The molecule has 4 aromatic carbocycles. The number of ether oxygens (including phenoxy) is 7. The van der Waals surface area contributed by atoms with E-state index in [1.54, 1.807) is 48.5 Å². The quantitative estimate of drug-likeness (QED) is 0.0334. The Morgan fingerprint density at radius 2 is 0.671 bits per heavy atom. The van der Waals surface area contributed by atoms with E-state index in [1.807, 2.05) is 0 Å². The number of fused-ring (bicyclic) bond motifs is 11. The number of carbonyl (C=O) groups is 8. The van der Waals surface area contributed by atoms with E-state index in [0.29, 0.717) is 120 Å². The molecule has 17 aliphatic carbocycles. The fourth-order valence-corrected chi connectivity index (χ4v) is 27.6. The molecule has 16 bridgehead atoms. The first-order valence-electron chi connectivity index (χ1n) is 49.8. The molecule has 0 aromatic heterocycles. The van der Waals surface area contributed by atoms with Gasteiger partial charge < -0.3 is 38.3 Å². The molecular formula is C103H118F30O16. The van der Waals surface area contributed by atoms with Gasteiger partial charge in [0.2, 0.25) is 0 Å². The Labute approximate surface area is 837 Å². The monoisotopic (exact) mass is 2180 g/mol. The number of alkyl halides is 30. The van der Waals surface area contributed by atoms with Gasteiger partial charge in [0.05, 0.1) is 52.2 Å². The highest BCUT2D eigenvalue weighted by molar-refractivity contribution is 6.04. The molecule has 0 spiro atoms. The SMILES string of the molecule is CC(F)(F)C(OC(=O)C12CC3CC(CC(C3)C1)C2)C(F)(F)F.CC(F)(F)C(OC(=O)C1C2CC3CC(C2)CC1C3)C(F)(F)F.CC(F)(F)C(OC(=O)C1CC2CC1C1C3CCC(C3)C21)C(F)(F)F.CC(F)(F)C(OC(=O)C1CCCCC1C(=O)O)C(F)(F)F.CC(F)(F)C(OC(=O)c1ccc2ccccc2c1)C(F)(F)F.CC(F)(F)C(OC(=O)c1cccc2ccccc12)C(F)(F)F.CCCOC(=O)C12CC3CC(CC(C3)C1)C2. The summed E-state index contributed by atoms with van der Waals surface area (Å²) in [5, 5.41) is 11.2. The number of hydrogen-bond donors (Lipinski definition) is 1. The van der Waals surface area contributed by atoms with Gasteiger partial charge in [-0.05, 0) is 295 Å². The molecule has 1 N–H and O–H groups in total. The van der Waals surface area contributed by atoms with Crippen LogP contribution in [0.25, 0.3) is 21.5 Å². The Kier molecular flexibility index (Phi) is 35.4. The zero-order valence-corrected chi connectivity index (χ0v) is 81.8. The maximum atomic E-state index is 13.3. The predicted octanol–water partition coefficient (Wildman–Crippen LogP) is 28.3. The third kappa shape index (κ3) is 28.6. The third-order valence-electron chi connectivity index (χ3n) is 32.2. The van der Waals surface area contributed by atoms with Crippen LogP contribution in [0.2, 0.25) is 0 Å². The molecule has 0 radical (unpaired) electrons. The van der Waals surface area contributed by atoms with Crippen LogP contribution in [-0.4, -0.2) is 169 Å². The first-order chi connectivity index (χ1) is 68.5. The van der Waals surface area contributed by atoms with Gasteiger partial charge in [0.25, 0.3) is 72.2 Å². The molecule has 17 saturated carbocycles. The van der Waals surface area contributed by atoms with Crippen molar-refractivity contribution in [2.45, 2.75) is 331 Å². The van der Waals surface area contributed by atoms with Gasteiger partial charge in [0.15, 0.2) is 0 Å². The van der Waals surface area contributed by atoms with Crippen molar-refractivity contribution in [3.63, 3.8) is 0 Å². The number of hydrogen-bond acceptors (Lipinski definition) is 15. The highest BCUT2D eigenvalue weighted by Gasteiger charge is 2.69. The fraction of sp³-hybridized carbons (Fsp3) is 0.728. The molecule has 46 heteroatoms. The minimum Gasteiger partial charge on any atom is -0.481 e. The zero-order chi connectivity index (χ0) is 111. The van der Waals surface area contributed by atoms with Gasteiger partial charge in [0.1, 0.15) is 0 Å². The average Bonchev–Trinajstić information content (AvgIpc) is 1.55. The molecule has 4 aromatic rings. The number of carbonyl (C=O) groups excluding carboxylic acids is 7. The van der Waals surface area contributed by atoms with Crippen molar-refractivity contribution < 1.29 is 208 Å². The van der Waals surface area contributed by atoms with Gasteiger partial charge in [0, 0.05) is 41.5 Å². The second-order valence-corrected chi connectivity index (χ2v) is 44.2. The molecular weight excluding hydrogens is 2060 g/mol. The smallest absolute Gasteiger partial charge is 0.431 e. The van der Waals surface area contributed by atoms with Gasteiger partial charge >= 0.3 is 84.8 Å². The highest BCUT2D eigenvalue weighted by atomic mass is 19.4. The van der Waals surface area contributed by atoms with Crippen molar-refractivity contribution in [3.8, 4) is 0 Å². The Hall–Kier alpha value is -8.94. The van der Waals surface area contributed by atoms with Crippen molar-refractivity contribution in [2.24, 2.45) is 129 Å². The number of aliphatic carboxylic acids is 1. The minimum absolute atomic E-state index is 0.00288. The van der Waals surface area contributed by atoms with Crippen molar-refractivity contribution in [3.05, 3.63) is 96.1 Å². The lowest BCUT2D eigenvalue weighted by molar-refractivity contribution is -0.279. The molecule has 0 amide bonds. The third-order valence-corrected chi connectivity index (χ3v) is 32.2. The summed E-state index contributed by atoms with van der Waals surface area (Å²) in [5.74, 6) is -30.7. The van der Waals surface area contributed by atoms with Crippen LogP contribution in [0, 0.1) is 129 Å². The lowest BCUT2D eigenvalue weighted by atomic mass is 9.49. The molecule has 15 atom stereocenters. The van der Waals surface area contributed by atoms with E-state index in [4.69, 9.17) is 9.84 Å². The molecule has 836 valence electrons. The van der Waals surface area contributed by atoms with E-state index >= 15 is 0 Å². The van der Waals surface area contributed by atoms with Gasteiger partial charge in [-0.15, -0.1) is 0 Å². The summed E-state index contributed by atoms with van der Waals surface area (Å²) in [4.78, 5) is 95.3. The number of carboxylic acids is 1. The molecule has 0 saturated heterocycles. The van der Waals surface area contributed by atoms with Gasteiger partial charge in [-0.25, -0.2) is 62.3 Å². The largest absolute Gasteiger partial charge is 0.481 e. The molecule has 0 heterocycles. The summed E-state index contributed by atoms with van der Waals surface area (Å²) in [6.07, 6.45) is -29.3. The van der Waals surface area contributed by atoms with Crippen LogP contribution in [0.15, 0.2) is 84.9 Å². The second kappa shape index (κ2) is 44.5. The minimum atomic E-state index is -5.43. The maximum Gasteiger partial charge on any atom is 0.431 e. The van der Waals surface area contributed by atoms with Crippen LogP contribution in [0.3, 0.4) is 0 Å². The van der Waals surface area contributed by atoms with Crippen LogP contribution in [0.1, 0.15) is 243 Å². The summed E-state index contributed by atoms with van der Waals surface area (Å²) in [6.45, 7) is 3.19. The second-order valence-electron chi connectivity index (χ2n) is 44.2. The Morgan fingerprint density at radius 3 is 1.08 bits per heavy atom. The standard InChI is InChI=1S/C17H21F5O2.2C15H19F5O2.2C15H11F5O2.C14H22O2.C12H15F5O4/c1-16(18,19)15(17(20,21)22)24-14(23)11-6-9-5-10(11)13-8-3-2-7(4-8)12(9)13;1-13(16,17)11(15(18,19)20)22-12(21)14-5-8-2-9(6-14)4-10(3-8)7-14;1-14(16,17)13(15(18,19)20)22-12(21)11-9-3-7-2-8(5-9)6-10(11)4-7;1-14(16,17)13(15(18,19)20)22-12(21)11-8-4-6-9-5-2-3-7-10(9)11;1-14(16,17)13(15(18,19)20)22-12(21)11-7-6-9-4-2-3-5-10(9)8-11;1-2-3-16-13(15)14-7-10-4-11(8-14)6-12(5-10)9-14;1-11(13,14)10(12(15,16)17)21-9(20)7-5-3-2-4-6(7)8(18)19/h7-13,15H,2-6H2,1H3;8-11H,2-7H2,1H3;7-11,13H,2-6H2,1H3;2*2-8,13H,1H3;10-12H,2-9H2,1H3;6-7,10H,2-5H2,1H3,(H,18,19). The van der Waals surface area contributed by atoms with Crippen LogP contribution in [0.4, 0.5) is 132 Å². The molecule has 15 unspecified atom stereocenters. The number of carboxylic acid groups (broad SMARTS) is 1. The van der Waals surface area contributed by atoms with Crippen LogP contribution in [0.5, 0.6) is 0 Å². The Bertz CT molecular complexity index is 5130. The molecule has 17 aliphatic rings. The first-order valence-corrected chi connectivity index (χ1v) is 49.8. The molecule has 16 nitrogen and oxygen atoms in total. The number of benzene rings is 4. The molecule has 17 fully saturated rings. The Morgan fingerprint density at radius 1 is 0.322 bits per heavy atom. The summed E-state index contributed by atoms with van der Waals surface area (Å²) in [7, 11) is 0. The fourth-order valence-electron chi connectivity index (χ4n) is 27.6. The number of rotatable bonds is 22. The van der Waals surface area contributed by atoms with E-state index in [2.05, 4.69) is 35.3 Å². The lowest BCUT2D eigenvalue weighted by Crippen LogP contribution is -2.54. The van der Waals surface area contributed by atoms with Crippen molar-refractivity contribution in [1.82, 2.24) is 0 Å². The summed E-state index contributed by atoms with van der Waals surface area (Å²) in [6, 6.07) is 21.5. The molecule has 149 heavy (non-hydrogen) atoms. The summed E-state index contributed by atoms with van der Waals surface area (Å²) >= 11 is 0. The van der Waals surface area contributed by atoms with Gasteiger partial charge in [-0.2, -0.15) is 79.0 Å². The van der Waals surface area contributed by atoms with E-state index in [-0.39, 0.29) is 94.6 Å². The normalized spacial score (nSPS) is 31.1. The highest BCUT2D eigenvalue weighted by Crippen LogP contribution is 2.70. The van der Waals surface area contributed by atoms with E-state index in [0.717, 1.165) is 113 Å². The van der Waals surface area contributed by atoms with Crippen LogP contribution >= 0.6 is 0 Å². The van der Waals surface area contributed by atoms with E-state index in [1.165, 1.54) is 68.5 Å². The van der Waals surface area contributed by atoms with E-state index < -0.39 is 180 Å². The van der Waals surface area contributed by atoms with Gasteiger partial charge in [-0.3, -0.25) is 28.8 Å². The van der Waals surface area contributed by atoms with Crippen molar-refractivity contribution in [1.29, 1.82) is 0 Å². The number of halogens is 30. The molecule has 0 aliphatic heterocycles. The van der Waals surface area contributed by atoms with Gasteiger partial charge in [-0.1, -0.05) is 86.5 Å².